The lowest BCUT2D eigenvalue weighted by molar-refractivity contribution is -0.156. The number of hydrogen-bond acceptors (Lipinski definition) is 13. The van der Waals surface area contributed by atoms with Crippen LogP contribution in [0.5, 0.6) is 0 Å². The zero-order chi connectivity index (χ0) is 45.4. The van der Waals surface area contributed by atoms with Crippen LogP contribution >= 0.6 is 48.0 Å². The Morgan fingerprint density at radius 3 is 1.87 bits per heavy atom. The molecular weight excluding hydrogens is 850 g/mol. The molecule has 1 aliphatic rings. The molecule has 61 heavy (non-hydrogen) atoms. The zero-order valence-corrected chi connectivity index (χ0v) is 42.4. The second-order valence-corrected chi connectivity index (χ2v) is 22.0. The van der Waals surface area contributed by atoms with Crippen molar-refractivity contribution in [3.63, 3.8) is 0 Å². The molecule has 0 aromatic heterocycles. The minimum atomic E-state index is -0.955. The van der Waals surface area contributed by atoms with Crippen LogP contribution in [0.15, 0.2) is 24.3 Å². The molecule has 0 aliphatic carbocycles. The van der Waals surface area contributed by atoms with Gasteiger partial charge in [-0.1, -0.05) is 113 Å². The van der Waals surface area contributed by atoms with E-state index in [0.29, 0.717) is 45.5 Å². The molecule has 1 aromatic rings. The summed E-state index contributed by atoms with van der Waals surface area (Å²) in [6.45, 7) is 17.8. The van der Waals surface area contributed by atoms with Crippen molar-refractivity contribution in [3.05, 3.63) is 29.8 Å². The number of carbonyl (C=O) groups excluding carboxylic acids is 2. The number of nitrogens with one attached hydrogen (secondary N) is 1. The summed E-state index contributed by atoms with van der Waals surface area (Å²) in [5.74, 6) is 0.315. The Morgan fingerprint density at radius 1 is 0.754 bits per heavy atom. The molecule has 1 fully saturated rings. The fraction of sp³-hybridized carbons (Fsp3) is 0.783. The SMILES string of the molecule is CCCCCCCCCCCCSC(=S)SC(C)(CCC(CCC(C)(C)C(=O)OCCOCCOC)c1ccc(B2OC(C)(C)C(C)(C)O2)cc1)C(=O)OCCOC(=S)NC. The molecule has 0 saturated carbocycles. The number of unbranched alkanes of at least 4 members (excludes halogenated alkanes) is 9. The van der Waals surface area contributed by atoms with E-state index in [0.717, 1.165) is 26.7 Å². The van der Waals surface area contributed by atoms with E-state index in [-0.39, 0.29) is 42.9 Å². The van der Waals surface area contributed by atoms with Gasteiger partial charge in [-0.25, -0.2) is 0 Å². The third-order valence-electron chi connectivity index (χ3n) is 11.7. The van der Waals surface area contributed by atoms with E-state index < -0.39 is 28.5 Å². The summed E-state index contributed by atoms with van der Waals surface area (Å²) in [7, 11) is 2.82. The van der Waals surface area contributed by atoms with Gasteiger partial charge in [0.05, 0.1) is 36.4 Å². The van der Waals surface area contributed by atoms with Gasteiger partial charge >= 0.3 is 19.1 Å². The molecule has 10 nitrogen and oxygen atoms in total. The molecular formula is C46H78BNO9S4. The van der Waals surface area contributed by atoms with E-state index >= 15 is 0 Å². The fourth-order valence-corrected chi connectivity index (χ4v) is 9.92. The third kappa shape index (κ3) is 20.9. The van der Waals surface area contributed by atoms with E-state index in [2.05, 4.69) is 36.5 Å². The number of esters is 2. The highest BCUT2D eigenvalue weighted by atomic mass is 32.2. The highest BCUT2D eigenvalue weighted by molar-refractivity contribution is 8.47. The lowest BCUT2D eigenvalue weighted by Gasteiger charge is -2.32. The topological polar surface area (TPSA) is 111 Å². The number of rotatable bonds is 31. The normalized spacial score (nSPS) is 16.1. The summed E-state index contributed by atoms with van der Waals surface area (Å²) in [5.41, 5.74) is 0.381. The molecule has 0 spiro atoms. The van der Waals surface area contributed by atoms with Gasteiger partial charge in [0, 0.05) is 14.2 Å². The number of thiocarbonyl (C=S) groups is 2. The summed E-state index contributed by atoms with van der Waals surface area (Å²) in [6, 6.07) is 8.35. The Morgan fingerprint density at radius 2 is 1.28 bits per heavy atom. The Kier molecular flexibility index (Phi) is 26.6. The van der Waals surface area contributed by atoms with Crippen molar-refractivity contribution in [2.24, 2.45) is 5.41 Å². The molecule has 1 N–H and O–H groups in total. The summed E-state index contributed by atoms with van der Waals surface area (Å²) >= 11 is 14.1. The first-order valence-corrected chi connectivity index (χ1v) is 25.1. The Labute approximate surface area is 389 Å². The van der Waals surface area contributed by atoms with E-state index in [9.17, 15) is 9.59 Å². The molecule has 0 bridgehead atoms. The summed E-state index contributed by atoms with van der Waals surface area (Å²) in [4.78, 5) is 27.3. The molecule has 0 amide bonds. The van der Waals surface area contributed by atoms with Crippen LogP contribution in [0.3, 0.4) is 0 Å². The quantitative estimate of drug-likeness (QED) is 0.0330. The molecule has 15 heteroatoms. The number of carbonyl (C=O) groups is 2. The van der Waals surface area contributed by atoms with Crippen LogP contribution in [0.1, 0.15) is 157 Å². The minimum Gasteiger partial charge on any atom is -0.467 e. The van der Waals surface area contributed by atoms with Crippen LogP contribution in [0.4, 0.5) is 0 Å². The summed E-state index contributed by atoms with van der Waals surface area (Å²) in [5, 5.41) is 3.02. The predicted molar refractivity (Wildman–Crippen MR) is 262 cm³/mol. The first-order valence-electron chi connectivity index (χ1n) is 22.5. The largest absolute Gasteiger partial charge is 0.494 e. The number of thioether (sulfide) groups is 2. The van der Waals surface area contributed by atoms with E-state index in [1.54, 1.807) is 25.9 Å². The van der Waals surface area contributed by atoms with Gasteiger partial charge in [0.25, 0.3) is 5.17 Å². The molecule has 1 saturated heterocycles. The molecule has 2 atom stereocenters. The standard InChI is InChI=1S/C46H78BNO9S4/c1-11-12-13-14-15-16-17-18-19-20-35-60-42(59)61-46(8,40(50)54-33-34-55-41(58)48-9)28-26-37(25-27-43(2,3)39(49)53-32-31-52-30-29-51-10)36-21-23-38(24-22-36)47-56-44(4,5)45(6,7)57-47/h21-24,37H,11-20,25-35H2,1-10H3,(H,48,58). The van der Waals surface area contributed by atoms with Crippen molar-refractivity contribution >= 4 is 81.2 Å². The molecule has 0 radical (unpaired) electrons. The lowest BCUT2D eigenvalue weighted by Crippen LogP contribution is -2.41. The number of benzene rings is 1. The number of methoxy groups -OCH3 is 1. The third-order valence-corrected chi connectivity index (χ3v) is 14.9. The summed E-state index contributed by atoms with van der Waals surface area (Å²) < 4.78 is 39.9. The fourth-order valence-electron chi connectivity index (χ4n) is 6.75. The maximum atomic E-state index is 14.0. The second kappa shape index (κ2) is 29.2. The van der Waals surface area contributed by atoms with Crippen LogP contribution in [-0.2, 0) is 42.6 Å². The molecule has 1 aromatic carbocycles. The molecule has 2 rings (SSSR count). The minimum absolute atomic E-state index is 0.00808. The molecule has 1 aliphatic heterocycles. The lowest BCUT2D eigenvalue weighted by atomic mass is 9.76. The van der Waals surface area contributed by atoms with Crippen molar-refractivity contribution in [2.75, 3.05) is 59.6 Å². The molecule has 2 unspecified atom stereocenters. The summed E-state index contributed by atoms with van der Waals surface area (Å²) in [6.07, 6.45) is 15.2. The van der Waals surface area contributed by atoms with Gasteiger partial charge in [-0.05, 0) is 115 Å². The van der Waals surface area contributed by atoms with Crippen LogP contribution in [-0.4, -0.2) is 103 Å². The van der Waals surface area contributed by atoms with Gasteiger partial charge in [0.15, 0.2) is 0 Å². The first kappa shape index (κ1) is 55.7. The molecule has 1 heterocycles. The van der Waals surface area contributed by atoms with Crippen LogP contribution in [0, 0.1) is 5.41 Å². The van der Waals surface area contributed by atoms with Crippen LogP contribution < -0.4 is 10.8 Å². The van der Waals surface area contributed by atoms with Gasteiger partial charge in [0.1, 0.15) is 28.1 Å². The Bertz CT molecular complexity index is 1430. The van der Waals surface area contributed by atoms with Crippen molar-refractivity contribution in [2.45, 2.75) is 167 Å². The second-order valence-electron chi connectivity index (χ2n) is 17.8. The van der Waals surface area contributed by atoms with Crippen LogP contribution in [0.2, 0.25) is 0 Å². The van der Waals surface area contributed by atoms with E-state index in [4.69, 9.17) is 57.4 Å². The van der Waals surface area contributed by atoms with Gasteiger partial charge in [-0.15, -0.1) is 11.8 Å². The van der Waals surface area contributed by atoms with Crippen molar-refractivity contribution < 1.29 is 42.6 Å². The monoisotopic (exact) mass is 927 g/mol. The van der Waals surface area contributed by atoms with Crippen molar-refractivity contribution in [3.8, 4) is 0 Å². The van der Waals surface area contributed by atoms with Gasteiger partial charge in [-0.2, -0.15) is 0 Å². The van der Waals surface area contributed by atoms with Gasteiger partial charge < -0.3 is 38.3 Å². The van der Waals surface area contributed by atoms with Crippen LogP contribution in [0.25, 0.3) is 0 Å². The van der Waals surface area contributed by atoms with Crippen molar-refractivity contribution in [1.82, 2.24) is 5.32 Å². The van der Waals surface area contributed by atoms with Gasteiger partial charge in [-0.3, -0.25) is 9.59 Å². The van der Waals surface area contributed by atoms with E-state index in [1.807, 2.05) is 48.5 Å². The highest BCUT2D eigenvalue weighted by Crippen LogP contribution is 2.41. The number of ether oxygens (including phenoxy) is 5. The average molecular weight is 928 g/mol. The van der Waals surface area contributed by atoms with Gasteiger partial charge in [0.2, 0.25) is 0 Å². The maximum absolute atomic E-state index is 14.0. The Balaban J connectivity index is 2.21. The Hall–Kier alpha value is -1.46. The first-order chi connectivity index (χ1) is 28.9. The van der Waals surface area contributed by atoms with Crippen molar-refractivity contribution in [1.29, 1.82) is 0 Å². The maximum Gasteiger partial charge on any atom is 0.494 e. The average Bonchev–Trinajstić information content (AvgIpc) is 3.44. The predicted octanol–water partition coefficient (Wildman–Crippen LogP) is 10.4. The van der Waals surface area contributed by atoms with E-state index in [1.165, 1.54) is 69.5 Å². The number of hydrogen-bond donors (Lipinski definition) is 1. The molecule has 348 valence electrons. The zero-order valence-electron chi connectivity index (χ0n) is 39.1. The smallest absolute Gasteiger partial charge is 0.467 e. The highest BCUT2D eigenvalue weighted by Gasteiger charge is 2.51.